The van der Waals surface area contributed by atoms with Gasteiger partial charge in [0, 0.05) is 37.7 Å². The van der Waals surface area contributed by atoms with E-state index in [0.29, 0.717) is 12.8 Å². The number of hydrazine groups is 1. The van der Waals surface area contributed by atoms with Gasteiger partial charge in [0.15, 0.2) is 0 Å². The largest absolute Gasteiger partial charge is 0.344 e. The fourth-order valence-corrected chi connectivity index (χ4v) is 4.44. The van der Waals surface area contributed by atoms with Crippen LogP contribution in [0.15, 0.2) is 54.6 Å². The molecular weight excluding hydrogens is 454 g/mol. The number of hydrogen-bond donors (Lipinski definition) is 2. The maximum Gasteiger partial charge on any atom is 0.344 e. The molecule has 2 aliphatic heterocycles. The van der Waals surface area contributed by atoms with Gasteiger partial charge in [0.05, 0.1) is 6.54 Å². The number of aryl methyl sites for hydroxylation is 1. The molecule has 2 heterocycles. The molecule has 0 saturated carbocycles. The molecule has 0 spiro atoms. The van der Waals surface area contributed by atoms with Gasteiger partial charge in [-0.2, -0.15) is 5.01 Å². The van der Waals surface area contributed by atoms with Crippen molar-refractivity contribution in [2.24, 2.45) is 0 Å². The van der Waals surface area contributed by atoms with Crippen molar-refractivity contribution in [1.82, 2.24) is 25.6 Å². The normalized spacial score (nSPS) is 21.5. The number of piperazine rings is 1. The topological polar surface area (TPSA) is 85.0 Å². The van der Waals surface area contributed by atoms with Crippen molar-refractivity contribution in [3.8, 4) is 0 Å². The first-order valence-corrected chi connectivity index (χ1v) is 11.9. The molecular formula is C25H30ClN5O3. The standard InChI is InChI=1S/C25H30ClN5O3/c1-25(12-11-19-5-3-2-4-6-19)23(33)31(24(34)27-25)28-22(32)18-30-15-13-29(14-16-30)17-20-7-9-21(26)10-8-20/h2-10H,11-18H2,1H3,(H,27,34)(H,28,32). The first kappa shape index (κ1) is 24.2. The highest BCUT2D eigenvalue weighted by atomic mass is 35.5. The molecule has 2 saturated heterocycles. The molecule has 34 heavy (non-hydrogen) atoms. The van der Waals surface area contributed by atoms with Crippen molar-refractivity contribution >= 4 is 29.4 Å². The van der Waals surface area contributed by atoms with Gasteiger partial charge >= 0.3 is 6.03 Å². The van der Waals surface area contributed by atoms with E-state index in [1.165, 1.54) is 5.56 Å². The number of rotatable bonds is 8. The summed E-state index contributed by atoms with van der Waals surface area (Å²) in [4.78, 5) is 42.3. The van der Waals surface area contributed by atoms with E-state index >= 15 is 0 Å². The first-order chi connectivity index (χ1) is 16.3. The average molecular weight is 484 g/mol. The fourth-order valence-electron chi connectivity index (χ4n) is 4.31. The zero-order chi connectivity index (χ0) is 24.1. The van der Waals surface area contributed by atoms with Crippen molar-refractivity contribution in [1.29, 1.82) is 0 Å². The van der Waals surface area contributed by atoms with E-state index in [-0.39, 0.29) is 12.5 Å². The van der Waals surface area contributed by atoms with E-state index < -0.39 is 17.5 Å². The third-order valence-electron chi connectivity index (χ3n) is 6.41. The van der Waals surface area contributed by atoms with E-state index in [4.69, 9.17) is 11.6 Å². The number of halogens is 1. The molecule has 2 fully saturated rings. The van der Waals surface area contributed by atoms with Gasteiger partial charge in [-0.05, 0) is 43.0 Å². The van der Waals surface area contributed by atoms with Crippen molar-refractivity contribution in [3.05, 3.63) is 70.7 Å². The maximum absolute atomic E-state index is 12.9. The minimum Gasteiger partial charge on any atom is -0.322 e. The number of nitrogens with one attached hydrogen (secondary N) is 2. The van der Waals surface area contributed by atoms with Gasteiger partial charge in [-0.15, -0.1) is 0 Å². The quantitative estimate of drug-likeness (QED) is 0.563. The second-order valence-corrected chi connectivity index (χ2v) is 9.54. The summed E-state index contributed by atoms with van der Waals surface area (Å²) in [5.41, 5.74) is 3.74. The molecule has 180 valence electrons. The van der Waals surface area contributed by atoms with Crippen LogP contribution in [-0.4, -0.2) is 70.9 Å². The third-order valence-corrected chi connectivity index (χ3v) is 6.66. The molecule has 2 aromatic rings. The fraction of sp³-hybridized carbons (Fsp3) is 0.400. The Labute approximate surface area is 204 Å². The molecule has 1 atom stereocenters. The van der Waals surface area contributed by atoms with Crippen LogP contribution in [0.5, 0.6) is 0 Å². The van der Waals surface area contributed by atoms with Crippen molar-refractivity contribution < 1.29 is 14.4 Å². The highest BCUT2D eigenvalue weighted by molar-refractivity contribution is 6.30. The summed E-state index contributed by atoms with van der Waals surface area (Å²) in [6.07, 6.45) is 1.09. The molecule has 0 radical (unpaired) electrons. The lowest BCUT2D eigenvalue weighted by molar-refractivity contribution is -0.139. The molecule has 2 aromatic carbocycles. The molecule has 2 N–H and O–H groups in total. The van der Waals surface area contributed by atoms with Crippen LogP contribution in [0.25, 0.3) is 0 Å². The van der Waals surface area contributed by atoms with Crippen LogP contribution >= 0.6 is 11.6 Å². The Kier molecular flexibility index (Phi) is 7.50. The van der Waals surface area contributed by atoms with Gasteiger partial charge < -0.3 is 5.32 Å². The average Bonchev–Trinajstić information content (AvgIpc) is 3.04. The first-order valence-electron chi connectivity index (χ1n) is 11.5. The third kappa shape index (κ3) is 5.94. The van der Waals surface area contributed by atoms with Gasteiger partial charge in [0.25, 0.3) is 11.8 Å². The Morgan fingerprint density at radius 3 is 2.29 bits per heavy atom. The van der Waals surface area contributed by atoms with Gasteiger partial charge in [0.1, 0.15) is 5.54 Å². The van der Waals surface area contributed by atoms with E-state index in [1.54, 1.807) is 6.92 Å². The summed E-state index contributed by atoms with van der Waals surface area (Å²) in [5.74, 6) is -0.809. The van der Waals surface area contributed by atoms with Gasteiger partial charge in [-0.25, -0.2) is 4.79 Å². The summed E-state index contributed by atoms with van der Waals surface area (Å²) in [5, 5.41) is 4.28. The highest BCUT2D eigenvalue weighted by Gasteiger charge is 2.48. The summed E-state index contributed by atoms with van der Waals surface area (Å²) >= 11 is 5.95. The SMILES string of the molecule is CC1(CCc2ccccc2)NC(=O)N(NC(=O)CN2CCN(Cc3ccc(Cl)cc3)CC2)C1=O. The van der Waals surface area contributed by atoms with E-state index in [0.717, 1.165) is 48.3 Å². The number of imide groups is 1. The lowest BCUT2D eigenvalue weighted by Gasteiger charge is -2.34. The molecule has 2 aliphatic rings. The number of hydrogen-bond acceptors (Lipinski definition) is 5. The Morgan fingerprint density at radius 1 is 0.971 bits per heavy atom. The Hall–Kier alpha value is -2.94. The molecule has 1 unspecified atom stereocenters. The number of amides is 4. The number of carbonyl (C=O) groups is 3. The molecule has 4 rings (SSSR count). The van der Waals surface area contributed by atoms with E-state index in [9.17, 15) is 14.4 Å². The second-order valence-electron chi connectivity index (χ2n) is 9.10. The second kappa shape index (κ2) is 10.5. The van der Waals surface area contributed by atoms with Gasteiger partial charge in [-0.1, -0.05) is 54.1 Å². The smallest absolute Gasteiger partial charge is 0.322 e. The molecule has 0 aliphatic carbocycles. The Balaban J connectivity index is 1.23. The zero-order valence-corrected chi connectivity index (χ0v) is 20.1. The van der Waals surface area contributed by atoms with Gasteiger partial charge in [0.2, 0.25) is 0 Å². The molecule has 0 bridgehead atoms. The highest BCUT2D eigenvalue weighted by Crippen LogP contribution is 2.22. The van der Waals surface area contributed by atoms with Gasteiger partial charge in [-0.3, -0.25) is 24.8 Å². The van der Waals surface area contributed by atoms with Crippen LogP contribution in [0.3, 0.4) is 0 Å². The van der Waals surface area contributed by atoms with Crippen molar-refractivity contribution in [2.45, 2.75) is 31.8 Å². The Morgan fingerprint density at radius 2 is 1.62 bits per heavy atom. The molecule has 8 nitrogen and oxygen atoms in total. The minimum atomic E-state index is -1.05. The van der Waals surface area contributed by atoms with Crippen molar-refractivity contribution in [2.75, 3.05) is 32.7 Å². The summed E-state index contributed by atoms with van der Waals surface area (Å²) in [6.45, 7) is 5.79. The number of nitrogens with zero attached hydrogens (tertiary/aromatic N) is 3. The zero-order valence-electron chi connectivity index (χ0n) is 19.3. The summed E-state index contributed by atoms with van der Waals surface area (Å²) < 4.78 is 0. The van der Waals surface area contributed by atoms with Crippen molar-refractivity contribution in [3.63, 3.8) is 0 Å². The van der Waals surface area contributed by atoms with E-state index in [1.807, 2.05) is 59.5 Å². The number of urea groups is 1. The van der Waals surface area contributed by atoms with Crippen LogP contribution in [0.2, 0.25) is 5.02 Å². The van der Waals surface area contributed by atoms with Crippen LogP contribution in [0, 0.1) is 0 Å². The molecule has 9 heteroatoms. The lowest BCUT2D eigenvalue weighted by atomic mass is 9.93. The van der Waals surface area contributed by atoms with Crippen LogP contribution in [0.4, 0.5) is 4.79 Å². The lowest BCUT2D eigenvalue weighted by Crippen LogP contribution is -2.53. The monoisotopic (exact) mass is 483 g/mol. The summed E-state index contributed by atoms with van der Waals surface area (Å²) in [6, 6.07) is 17.0. The van der Waals surface area contributed by atoms with Crippen LogP contribution < -0.4 is 10.7 Å². The molecule has 0 aromatic heterocycles. The maximum atomic E-state index is 12.9. The van der Waals surface area contributed by atoms with E-state index in [2.05, 4.69) is 15.6 Å². The van der Waals surface area contributed by atoms with Crippen LogP contribution in [0.1, 0.15) is 24.5 Å². The predicted octanol–water partition coefficient (Wildman–Crippen LogP) is 2.43. The minimum absolute atomic E-state index is 0.132. The number of carbonyl (C=O) groups excluding carboxylic acids is 3. The predicted molar refractivity (Wildman–Crippen MR) is 130 cm³/mol. The summed E-state index contributed by atoms with van der Waals surface area (Å²) in [7, 11) is 0. The Bertz CT molecular complexity index is 1020. The number of benzene rings is 2. The molecule has 4 amide bonds. The van der Waals surface area contributed by atoms with Crippen LogP contribution in [-0.2, 0) is 22.6 Å².